The molecule has 5 heteroatoms. The van der Waals surface area contributed by atoms with Crippen molar-refractivity contribution in [2.75, 3.05) is 18.4 Å². The molecule has 1 aliphatic heterocycles. The highest BCUT2D eigenvalue weighted by Gasteiger charge is 2.19. The predicted molar refractivity (Wildman–Crippen MR) is 94.6 cm³/mol. The summed E-state index contributed by atoms with van der Waals surface area (Å²) in [7, 11) is 0. The number of aromatic nitrogens is 2. The Morgan fingerprint density at radius 3 is 2.67 bits per heavy atom. The Morgan fingerprint density at radius 2 is 1.83 bits per heavy atom. The van der Waals surface area contributed by atoms with Gasteiger partial charge in [-0.1, -0.05) is 30.7 Å². The van der Waals surface area contributed by atoms with Gasteiger partial charge in [0.15, 0.2) is 0 Å². The summed E-state index contributed by atoms with van der Waals surface area (Å²) in [6.07, 6.45) is 8.07. The van der Waals surface area contributed by atoms with Crippen LogP contribution in [-0.4, -0.2) is 33.9 Å². The third-order valence-corrected chi connectivity index (χ3v) is 4.40. The standard InChI is InChI=1S/C19H24N4O/c24-18(23-14-10-16-7-3-4-8-17(16)15-23)9-2-1-5-11-20-19-21-12-6-13-22-19/h3-4,6-8,12-13H,1-2,5,9-11,14-15H2,(H,20,21,22). The van der Waals surface area contributed by atoms with Crippen LogP contribution in [0.5, 0.6) is 0 Å². The summed E-state index contributed by atoms with van der Waals surface area (Å²) in [4.78, 5) is 22.6. The molecule has 1 aliphatic rings. The van der Waals surface area contributed by atoms with Crippen molar-refractivity contribution in [3.63, 3.8) is 0 Å². The van der Waals surface area contributed by atoms with Gasteiger partial charge >= 0.3 is 0 Å². The van der Waals surface area contributed by atoms with Crippen molar-refractivity contribution in [2.24, 2.45) is 0 Å². The third-order valence-electron chi connectivity index (χ3n) is 4.40. The SMILES string of the molecule is O=C(CCCCCNc1ncccn1)N1CCc2ccccc2C1. The molecule has 0 saturated carbocycles. The Labute approximate surface area is 143 Å². The highest BCUT2D eigenvalue weighted by Crippen LogP contribution is 2.19. The van der Waals surface area contributed by atoms with Crippen LogP contribution in [0.3, 0.4) is 0 Å². The van der Waals surface area contributed by atoms with E-state index in [-0.39, 0.29) is 5.91 Å². The number of fused-ring (bicyclic) bond motifs is 1. The van der Waals surface area contributed by atoms with E-state index in [1.807, 2.05) is 4.90 Å². The molecule has 0 atom stereocenters. The van der Waals surface area contributed by atoms with Crippen LogP contribution >= 0.6 is 0 Å². The first-order valence-corrected chi connectivity index (χ1v) is 8.68. The van der Waals surface area contributed by atoms with Gasteiger partial charge in [0.2, 0.25) is 11.9 Å². The Kier molecular flexibility index (Phi) is 5.77. The fourth-order valence-corrected chi connectivity index (χ4v) is 3.04. The van der Waals surface area contributed by atoms with Gasteiger partial charge in [-0.05, 0) is 36.5 Å². The molecule has 3 rings (SSSR count). The quantitative estimate of drug-likeness (QED) is 0.795. The van der Waals surface area contributed by atoms with Gasteiger partial charge in [-0.25, -0.2) is 9.97 Å². The van der Waals surface area contributed by atoms with E-state index in [0.717, 1.165) is 45.3 Å². The average Bonchev–Trinajstić information content (AvgIpc) is 2.65. The molecule has 0 bridgehead atoms. The highest BCUT2D eigenvalue weighted by molar-refractivity contribution is 5.76. The van der Waals surface area contributed by atoms with Crippen LogP contribution in [0.4, 0.5) is 5.95 Å². The maximum atomic E-state index is 12.4. The van der Waals surface area contributed by atoms with Crippen molar-refractivity contribution < 1.29 is 4.79 Å². The van der Waals surface area contributed by atoms with E-state index >= 15 is 0 Å². The van der Waals surface area contributed by atoms with E-state index in [2.05, 4.69) is 39.6 Å². The fraction of sp³-hybridized carbons (Fsp3) is 0.421. The van der Waals surface area contributed by atoms with E-state index in [4.69, 9.17) is 0 Å². The lowest BCUT2D eigenvalue weighted by Crippen LogP contribution is -2.35. The summed E-state index contributed by atoms with van der Waals surface area (Å²) in [6.45, 7) is 2.46. The molecule has 1 amide bonds. The van der Waals surface area contributed by atoms with Crippen molar-refractivity contribution in [1.82, 2.24) is 14.9 Å². The third kappa shape index (κ3) is 4.54. The van der Waals surface area contributed by atoms with Crippen molar-refractivity contribution >= 4 is 11.9 Å². The zero-order valence-corrected chi connectivity index (χ0v) is 13.9. The lowest BCUT2D eigenvalue weighted by molar-refractivity contribution is -0.132. The summed E-state index contributed by atoms with van der Waals surface area (Å²) in [6, 6.07) is 10.2. The van der Waals surface area contributed by atoms with Crippen LogP contribution in [0.1, 0.15) is 36.8 Å². The van der Waals surface area contributed by atoms with Crippen LogP contribution in [0.25, 0.3) is 0 Å². The minimum absolute atomic E-state index is 0.281. The van der Waals surface area contributed by atoms with Crippen molar-refractivity contribution in [3.8, 4) is 0 Å². The lowest BCUT2D eigenvalue weighted by Gasteiger charge is -2.29. The Bertz CT molecular complexity index is 659. The van der Waals surface area contributed by atoms with E-state index in [0.29, 0.717) is 12.4 Å². The molecule has 126 valence electrons. The molecule has 0 spiro atoms. The number of carbonyl (C=O) groups excluding carboxylic acids is 1. The van der Waals surface area contributed by atoms with Crippen molar-refractivity contribution in [1.29, 1.82) is 0 Å². The molecule has 0 aliphatic carbocycles. The normalized spacial score (nSPS) is 13.4. The number of nitrogens with one attached hydrogen (secondary N) is 1. The predicted octanol–water partition coefficient (Wildman–Crippen LogP) is 3.03. The van der Waals surface area contributed by atoms with Gasteiger partial charge in [0.25, 0.3) is 0 Å². The van der Waals surface area contributed by atoms with E-state index < -0.39 is 0 Å². The van der Waals surface area contributed by atoms with Crippen LogP contribution in [0, 0.1) is 0 Å². The second kappa shape index (κ2) is 8.43. The van der Waals surface area contributed by atoms with Crippen LogP contribution in [0.2, 0.25) is 0 Å². The van der Waals surface area contributed by atoms with Gasteiger partial charge in [-0.15, -0.1) is 0 Å². The van der Waals surface area contributed by atoms with Crippen LogP contribution < -0.4 is 5.32 Å². The molecule has 1 N–H and O–H groups in total. The first-order chi connectivity index (χ1) is 11.8. The molecule has 1 aromatic heterocycles. The average molecular weight is 324 g/mol. The number of nitrogens with zero attached hydrogens (tertiary/aromatic N) is 3. The molecule has 2 heterocycles. The molecule has 0 saturated heterocycles. The highest BCUT2D eigenvalue weighted by atomic mass is 16.2. The summed E-state index contributed by atoms with van der Waals surface area (Å²) in [5, 5.41) is 3.19. The second-order valence-corrected chi connectivity index (χ2v) is 6.14. The zero-order chi connectivity index (χ0) is 16.6. The minimum atomic E-state index is 0.281. The van der Waals surface area contributed by atoms with E-state index in [1.165, 1.54) is 11.1 Å². The maximum Gasteiger partial charge on any atom is 0.222 e. The molecule has 2 aromatic rings. The largest absolute Gasteiger partial charge is 0.354 e. The number of benzene rings is 1. The van der Waals surface area contributed by atoms with Gasteiger partial charge in [-0.3, -0.25) is 4.79 Å². The molecule has 5 nitrogen and oxygen atoms in total. The molecule has 1 aromatic carbocycles. The molecule has 0 fully saturated rings. The van der Waals surface area contributed by atoms with E-state index in [1.54, 1.807) is 18.5 Å². The Morgan fingerprint density at radius 1 is 1.04 bits per heavy atom. The molecular formula is C19H24N4O. The van der Waals surface area contributed by atoms with Gasteiger partial charge in [0.05, 0.1) is 0 Å². The first kappa shape index (κ1) is 16.4. The summed E-state index contributed by atoms with van der Waals surface area (Å²) < 4.78 is 0. The monoisotopic (exact) mass is 324 g/mol. The number of amides is 1. The maximum absolute atomic E-state index is 12.4. The van der Waals surface area contributed by atoms with Crippen molar-refractivity contribution in [2.45, 2.75) is 38.6 Å². The van der Waals surface area contributed by atoms with E-state index in [9.17, 15) is 4.79 Å². The van der Waals surface area contributed by atoms with Gasteiger partial charge in [0, 0.05) is 38.4 Å². The minimum Gasteiger partial charge on any atom is -0.354 e. The van der Waals surface area contributed by atoms with Gasteiger partial charge in [0.1, 0.15) is 0 Å². The van der Waals surface area contributed by atoms with Crippen LogP contribution in [-0.2, 0) is 17.8 Å². The smallest absolute Gasteiger partial charge is 0.222 e. The van der Waals surface area contributed by atoms with Crippen LogP contribution in [0.15, 0.2) is 42.7 Å². The fourth-order valence-electron chi connectivity index (χ4n) is 3.04. The zero-order valence-electron chi connectivity index (χ0n) is 13.9. The summed E-state index contributed by atoms with van der Waals surface area (Å²) in [5.74, 6) is 0.949. The second-order valence-electron chi connectivity index (χ2n) is 6.14. The molecule has 0 radical (unpaired) electrons. The summed E-state index contributed by atoms with van der Waals surface area (Å²) >= 11 is 0. The first-order valence-electron chi connectivity index (χ1n) is 8.68. The topological polar surface area (TPSA) is 58.1 Å². The number of hydrogen-bond donors (Lipinski definition) is 1. The molecule has 24 heavy (non-hydrogen) atoms. The van der Waals surface area contributed by atoms with Gasteiger partial charge < -0.3 is 10.2 Å². The number of hydrogen-bond acceptors (Lipinski definition) is 4. The number of unbranched alkanes of at least 4 members (excludes halogenated alkanes) is 2. The Balaban J connectivity index is 1.32. The lowest BCUT2D eigenvalue weighted by atomic mass is 9.99. The van der Waals surface area contributed by atoms with Crippen molar-refractivity contribution in [3.05, 3.63) is 53.9 Å². The number of carbonyl (C=O) groups is 1. The Hall–Kier alpha value is -2.43. The van der Waals surface area contributed by atoms with Gasteiger partial charge in [-0.2, -0.15) is 0 Å². The molecule has 0 unspecified atom stereocenters. The number of anilines is 1. The molecular weight excluding hydrogens is 300 g/mol. The summed E-state index contributed by atoms with van der Waals surface area (Å²) in [5.41, 5.74) is 2.68. The number of rotatable bonds is 7.